The highest BCUT2D eigenvalue weighted by Gasteiger charge is 2.15. The number of benzene rings is 1. The molecule has 1 N–H and O–H groups in total. The van der Waals surface area contributed by atoms with Crippen molar-refractivity contribution in [1.82, 2.24) is 10.2 Å². The van der Waals surface area contributed by atoms with Crippen LogP contribution in [-0.2, 0) is 0 Å². The minimum Gasteiger partial charge on any atom is -0.497 e. The second-order valence-corrected chi connectivity index (χ2v) is 5.08. The van der Waals surface area contributed by atoms with Crippen molar-refractivity contribution >= 4 is 0 Å². The summed E-state index contributed by atoms with van der Waals surface area (Å²) in [5.41, 5.74) is 0. The van der Waals surface area contributed by atoms with Gasteiger partial charge in [0.05, 0.1) is 7.11 Å². The molecule has 1 aliphatic heterocycles. The molecule has 1 fully saturated rings. The zero-order chi connectivity index (χ0) is 13.5. The Kier molecular flexibility index (Phi) is 5.48. The second kappa shape index (κ2) is 7.36. The molecular formula is C15H24N2O2. The van der Waals surface area contributed by atoms with Gasteiger partial charge in [-0.2, -0.15) is 0 Å². The molecule has 0 aromatic heterocycles. The lowest BCUT2D eigenvalue weighted by atomic mass is 10.2. The van der Waals surface area contributed by atoms with Gasteiger partial charge in [-0.15, -0.1) is 0 Å². The van der Waals surface area contributed by atoms with E-state index >= 15 is 0 Å². The molecule has 1 aromatic rings. The molecule has 4 nitrogen and oxygen atoms in total. The molecule has 0 amide bonds. The Labute approximate surface area is 115 Å². The summed E-state index contributed by atoms with van der Waals surface area (Å²) in [7, 11) is 3.82. The number of nitrogens with one attached hydrogen (secondary N) is 1. The minimum atomic E-state index is 0.658. The van der Waals surface area contributed by atoms with Gasteiger partial charge in [0.1, 0.15) is 18.1 Å². The van der Waals surface area contributed by atoms with Crippen molar-refractivity contribution in [3.05, 3.63) is 24.3 Å². The lowest BCUT2D eigenvalue weighted by Crippen LogP contribution is -2.37. The van der Waals surface area contributed by atoms with Crippen LogP contribution in [0.1, 0.15) is 12.8 Å². The van der Waals surface area contributed by atoms with Crippen LogP contribution in [0.25, 0.3) is 0 Å². The first kappa shape index (κ1) is 14.2. The molecule has 1 aromatic carbocycles. The predicted molar refractivity (Wildman–Crippen MR) is 77.0 cm³/mol. The summed E-state index contributed by atoms with van der Waals surface area (Å²) in [5, 5.41) is 3.51. The third-order valence-corrected chi connectivity index (χ3v) is 3.50. The largest absolute Gasteiger partial charge is 0.497 e. The molecule has 1 atom stereocenters. The Hall–Kier alpha value is -1.26. The molecule has 0 spiro atoms. The fraction of sp³-hybridized carbons (Fsp3) is 0.600. The molecule has 106 valence electrons. The number of hydrogen-bond donors (Lipinski definition) is 1. The first-order chi connectivity index (χ1) is 9.28. The van der Waals surface area contributed by atoms with Crippen molar-refractivity contribution in [3.8, 4) is 11.5 Å². The van der Waals surface area contributed by atoms with Crippen molar-refractivity contribution in [2.24, 2.45) is 0 Å². The van der Waals surface area contributed by atoms with E-state index in [4.69, 9.17) is 9.47 Å². The topological polar surface area (TPSA) is 33.7 Å². The summed E-state index contributed by atoms with van der Waals surface area (Å²) in [6.07, 6.45) is 2.60. The number of hydrogen-bond acceptors (Lipinski definition) is 4. The van der Waals surface area contributed by atoms with Crippen LogP contribution in [0.2, 0.25) is 0 Å². The van der Waals surface area contributed by atoms with E-state index in [1.165, 1.54) is 19.4 Å². The molecular weight excluding hydrogens is 240 g/mol. The van der Waals surface area contributed by atoms with Gasteiger partial charge >= 0.3 is 0 Å². The number of methoxy groups -OCH3 is 1. The van der Waals surface area contributed by atoms with Crippen LogP contribution < -0.4 is 14.8 Å². The van der Waals surface area contributed by atoms with E-state index in [0.29, 0.717) is 6.04 Å². The number of nitrogens with zero attached hydrogens (tertiary/aromatic N) is 1. The van der Waals surface area contributed by atoms with Crippen molar-refractivity contribution in [3.63, 3.8) is 0 Å². The molecule has 1 unspecified atom stereocenters. The molecule has 0 aliphatic carbocycles. The van der Waals surface area contributed by atoms with E-state index in [1.807, 2.05) is 24.3 Å². The van der Waals surface area contributed by atoms with E-state index in [0.717, 1.165) is 31.2 Å². The standard InChI is InChI=1S/C15H24N2O2/c1-17(12-13-4-3-9-16-13)10-11-19-15-7-5-14(18-2)6-8-15/h5-8,13,16H,3-4,9-12H2,1-2H3. The fourth-order valence-electron chi connectivity index (χ4n) is 2.37. The number of rotatable bonds is 7. The Bertz CT molecular complexity index is 361. The van der Waals surface area contributed by atoms with E-state index in [1.54, 1.807) is 7.11 Å². The normalized spacial score (nSPS) is 18.8. The first-order valence-corrected chi connectivity index (χ1v) is 6.96. The molecule has 0 saturated carbocycles. The predicted octanol–water partition coefficient (Wildman–Crippen LogP) is 1.76. The minimum absolute atomic E-state index is 0.658. The third kappa shape index (κ3) is 4.73. The highest BCUT2D eigenvalue weighted by atomic mass is 16.5. The molecule has 0 bridgehead atoms. The zero-order valence-corrected chi connectivity index (χ0v) is 11.9. The maximum absolute atomic E-state index is 5.72. The average Bonchev–Trinajstić information content (AvgIpc) is 2.92. The Balaban J connectivity index is 1.64. The smallest absolute Gasteiger partial charge is 0.119 e. The van der Waals surface area contributed by atoms with Gasteiger partial charge in [0.25, 0.3) is 0 Å². The molecule has 2 rings (SSSR count). The Morgan fingerprint density at radius 3 is 2.63 bits per heavy atom. The molecule has 1 saturated heterocycles. The summed E-state index contributed by atoms with van der Waals surface area (Å²) in [6.45, 7) is 3.94. The highest BCUT2D eigenvalue weighted by Crippen LogP contribution is 2.16. The van der Waals surface area contributed by atoms with E-state index in [2.05, 4.69) is 17.3 Å². The van der Waals surface area contributed by atoms with Gasteiger partial charge in [-0.1, -0.05) is 0 Å². The zero-order valence-electron chi connectivity index (χ0n) is 11.9. The maximum atomic E-state index is 5.72. The van der Waals surface area contributed by atoms with Gasteiger partial charge in [0.15, 0.2) is 0 Å². The van der Waals surface area contributed by atoms with Gasteiger partial charge in [-0.05, 0) is 50.7 Å². The van der Waals surface area contributed by atoms with Crippen LogP contribution in [0, 0.1) is 0 Å². The highest BCUT2D eigenvalue weighted by molar-refractivity contribution is 5.31. The quantitative estimate of drug-likeness (QED) is 0.813. The van der Waals surface area contributed by atoms with Crippen LogP contribution in [-0.4, -0.2) is 51.3 Å². The lowest BCUT2D eigenvalue weighted by Gasteiger charge is -2.21. The molecule has 1 aliphatic rings. The SMILES string of the molecule is COc1ccc(OCCN(C)CC2CCCN2)cc1. The Morgan fingerprint density at radius 1 is 1.26 bits per heavy atom. The molecule has 1 heterocycles. The molecule has 19 heavy (non-hydrogen) atoms. The molecule has 0 radical (unpaired) electrons. The van der Waals surface area contributed by atoms with Crippen molar-refractivity contribution < 1.29 is 9.47 Å². The molecule has 4 heteroatoms. The van der Waals surface area contributed by atoms with Crippen LogP contribution in [0.15, 0.2) is 24.3 Å². The van der Waals surface area contributed by atoms with Crippen LogP contribution in [0.4, 0.5) is 0 Å². The summed E-state index contributed by atoms with van der Waals surface area (Å²) in [5.74, 6) is 1.75. The summed E-state index contributed by atoms with van der Waals surface area (Å²) in [6, 6.07) is 8.38. The average molecular weight is 264 g/mol. The van der Waals surface area contributed by atoms with Gasteiger partial charge in [0, 0.05) is 19.1 Å². The van der Waals surface area contributed by atoms with Gasteiger partial charge in [0.2, 0.25) is 0 Å². The first-order valence-electron chi connectivity index (χ1n) is 6.96. The fourth-order valence-corrected chi connectivity index (χ4v) is 2.37. The second-order valence-electron chi connectivity index (χ2n) is 5.08. The van der Waals surface area contributed by atoms with Crippen LogP contribution in [0.3, 0.4) is 0 Å². The van der Waals surface area contributed by atoms with Gasteiger partial charge < -0.3 is 19.7 Å². The van der Waals surface area contributed by atoms with E-state index in [9.17, 15) is 0 Å². The van der Waals surface area contributed by atoms with E-state index < -0.39 is 0 Å². The van der Waals surface area contributed by atoms with Gasteiger partial charge in [-0.25, -0.2) is 0 Å². The lowest BCUT2D eigenvalue weighted by molar-refractivity contribution is 0.225. The van der Waals surface area contributed by atoms with E-state index in [-0.39, 0.29) is 0 Å². The summed E-state index contributed by atoms with van der Waals surface area (Å²) < 4.78 is 10.8. The van der Waals surface area contributed by atoms with Gasteiger partial charge in [-0.3, -0.25) is 0 Å². The number of likely N-dealkylation sites (N-methyl/N-ethyl adjacent to an activating group) is 1. The summed E-state index contributed by atoms with van der Waals surface area (Å²) >= 11 is 0. The van der Waals surface area contributed by atoms with Crippen molar-refractivity contribution in [1.29, 1.82) is 0 Å². The van der Waals surface area contributed by atoms with Crippen LogP contribution in [0.5, 0.6) is 11.5 Å². The summed E-state index contributed by atoms with van der Waals surface area (Å²) in [4.78, 5) is 2.33. The van der Waals surface area contributed by atoms with Crippen molar-refractivity contribution in [2.45, 2.75) is 18.9 Å². The van der Waals surface area contributed by atoms with Crippen LogP contribution >= 0.6 is 0 Å². The maximum Gasteiger partial charge on any atom is 0.119 e. The Morgan fingerprint density at radius 2 is 2.00 bits per heavy atom. The third-order valence-electron chi connectivity index (χ3n) is 3.50. The number of ether oxygens (including phenoxy) is 2. The monoisotopic (exact) mass is 264 g/mol. The van der Waals surface area contributed by atoms with Crippen molar-refractivity contribution in [2.75, 3.05) is 40.4 Å².